The molecular formula is C24H21N5O5S. The number of nitrogens with zero attached hydrogens (tertiary/aromatic N) is 3. The number of carbonyl (C=O) groups is 1. The first-order valence-electron chi connectivity index (χ1n) is 10.7. The molecule has 0 fully saturated rings. The first-order valence-corrected chi connectivity index (χ1v) is 12.1. The molecule has 3 aromatic carbocycles. The van der Waals surface area contributed by atoms with E-state index in [9.17, 15) is 22.8 Å². The van der Waals surface area contributed by atoms with E-state index >= 15 is 0 Å². The summed E-state index contributed by atoms with van der Waals surface area (Å²) in [4.78, 5) is 41.6. The number of benzene rings is 3. The van der Waals surface area contributed by atoms with Gasteiger partial charge in [-0.3, -0.25) is 23.4 Å². The van der Waals surface area contributed by atoms with Gasteiger partial charge in [0.1, 0.15) is 12.4 Å². The highest BCUT2D eigenvalue weighted by atomic mass is 32.2. The van der Waals surface area contributed by atoms with Crippen LogP contribution in [0.1, 0.15) is 5.56 Å². The molecule has 0 spiro atoms. The molecule has 0 bridgehead atoms. The van der Waals surface area contributed by atoms with Crippen LogP contribution in [0.3, 0.4) is 0 Å². The molecule has 0 saturated carbocycles. The maximum Gasteiger partial charge on any atom is 0.330 e. The number of amides is 1. The summed E-state index contributed by atoms with van der Waals surface area (Å²) in [6, 6.07) is 19.1. The average Bonchev–Trinajstić information content (AvgIpc) is 3.05. The molecule has 1 amide bonds. The van der Waals surface area contributed by atoms with E-state index in [-0.39, 0.29) is 22.9 Å². The van der Waals surface area contributed by atoms with Gasteiger partial charge in [0, 0.05) is 12.4 Å². The first-order chi connectivity index (χ1) is 16.7. The van der Waals surface area contributed by atoms with Crippen LogP contribution in [0, 0.1) is 0 Å². The Morgan fingerprint density at radius 1 is 1.00 bits per heavy atom. The molecule has 0 saturated heterocycles. The largest absolute Gasteiger partial charge is 0.383 e. The fraction of sp³-hybridized carbons (Fsp3) is 0.125. The van der Waals surface area contributed by atoms with Crippen molar-refractivity contribution in [1.29, 1.82) is 0 Å². The van der Waals surface area contributed by atoms with Crippen LogP contribution in [0.25, 0.3) is 10.8 Å². The van der Waals surface area contributed by atoms with E-state index in [1.54, 1.807) is 54.6 Å². The van der Waals surface area contributed by atoms with Gasteiger partial charge in [-0.1, -0.05) is 54.6 Å². The van der Waals surface area contributed by atoms with Gasteiger partial charge in [-0.05, 0) is 23.1 Å². The number of sulfonamides is 1. The molecule has 2 heterocycles. The van der Waals surface area contributed by atoms with Gasteiger partial charge < -0.3 is 10.6 Å². The van der Waals surface area contributed by atoms with Crippen molar-refractivity contribution >= 4 is 43.9 Å². The zero-order chi connectivity index (χ0) is 24.9. The van der Waals surface area contributed by atoms with Crippen LogP contribution in [0.2, 0.25) is 0 Å². The first kappa shape index (κ1) is 22.4. The van der Waals surface area contributed by atoms with Crippen molar-refractivity contribution in [2.24, 2.45) is 0 Å². The van der Waals surface area contributed by atoms with Crippen molar-refractivity contribution < 1.29 is 13.2 Å². The number of rotatable bonds is 5. The van der Waals surface area contributed by atoms with E-state index in [1.165, 1.54) is 13.1 Å². The number of aromatic amines is 1. The lowest BCUT2D eigenvalue weighted by Gasteiger charge is -2.24. The Hall–Kier alpha value is -4.38. The van der Waals surface area contributed by atoms with Crippen LogP contribution in [-0.2, 0) is 21.4 Å². The number of nitrogens with two attached hydrogens (primary N) is 1. The molecule has 178 valence electrons. The Kier molecular flexibility index (Phi) is 5.21. The lowest BCUT2D eigenvalue weighted by atomic mass is 10.1. The number of carbonyl (C=O) groups excluding carboxylic acids is 1. The van der Waals surface area contributed by atoms with Gasteiger partial charge in [-0.2, -0.15) is 0 Å². The number of anilines is 3. The van der Waals surface area contributed by atoms with E-state index in [4.69, 9.17) is 5.73 Å². The zero-order valence-corrected chi connectivity index (χ0v) is 19.5. The van der Waals surface area contributed by atoms with E-state index in [2.05, 4.69) is 4.98 Å². The molecule has 0 aliphatic carbocycles. The maximum atomic E-state index is 13.2. The van der Waals surface area contributed by atoms with Gasteiger partial charge in [0.05, 0.1) is 17.1 Å². The number of hydrogen-bond donors (Lipinski definition) is 2. The molecule has 5 rings (SSSR count). The third-order valence-electron chi connectivity index (χ3n) is 6.07. The van der Waals surface area contributed by atoms with Crippen LogP contribution in [-0.4, -0.2) is 37.5 Å². The second-order valence-corrected chi connectivity index (χ2v) is 9.99. The fourth-order valence-electron chi connectivity index (χ4n) is 4.31. The Labute approximate surface area is 199 Å². The highest BCUT2D eigenvalue weighted by molar-refractivity contribution is 7.93. The van der Waals surface area contributed by atoms with Crippen molar-refractivity contribution in [3.05, 3.63) is 93.1 Å². The Bertz CT molecular complexity index is 1710. The molecule has 35 heavy (non-hydrogen) atoms. The highest BCUT2D eigenvalue weighted by Gasteiger charge is 2.37. The van der Waals surface area contributed by atoms with Crippen LogP contribution in [0.4, 0.5) is 17.2 Å². The fourth-order valence-corrected chi connectivity index (χ4v) is 5.97. The van der Waals surface area contributed by atoms with E-state index in [0.717, 1.165) is 24.7 Å². The summed E-state index contributed by atoms with van der Waals surface area (Å²) in [6.07, 6.45) is 0. The van der Waals surface area contributed by atoms with Crippen LogP contribution < -0.4 is 26.2 Å². The Balaban J connectivity index is 1.50. The lowest BCUT2D eigenvalue weighted by molar-refractivity contribution is -0.116. The normalized spacial score (nSPS) is 13.8. The topological polar surface area (TPSA) is 139 Å². The second kappa shape index (κ2) is 8.13. The van der Waals surface area contributed by atoms with Crippen molar-refractivity contribution in [3.8, 4) is 0 Å². The minimum atomic E-state index is -3.97. The summed E-state index contributed by atoms with van der Waals surface area (Å²) in [6.45, 7) is -0.474. The zero-order valence-electron chi connectivity index (χ0n) is 18.6. The number of hydrogen-bond acceptors (Lipinski definition) is 6. The lowest BCUT2D eigenvalue weighted by Crippen LogP contribution is -2.44. The maximum absolute atomic E-state index is 13.2. The SMILES string of the molecule is CN(C(=O)CN1c2cccc3cccc(c23)S1(=O)=O)c1c(N)n(Cc2ccccc2)c(=O)[nH]c1=O. The standard InChI is InChI=1S/C24H21N5O5S/c1-27(21-22(25)28(24(32)26-23(21)31)13-15-7-3-2-4-8-15)19(30)14-29-17-11-5-9-16-10-6-12-18(20(16)17)35(29,33)34/h2-12H,13-14,25H2,1H3,(H,26,31,32). The summed E-state index contributed by atoms with van der Waals surface area (Å²) in [5.41, 5.74) is 5.53. The van der Waals surface area contributed by atoms with Crippen LogP contribution in [0.15, 0.2) is 81.2 Å². The van der Waals surface area contributed by atoms with Crippen LogP contribution in [0.5, 0.6) is 0 Å². The summed E-state index contributed by atoms with van der Waals surface area (Å²) < 4.78 is 28.6. The molecule has 1 aliphatic rings. The van der Waals surface area contributed by atoms with Gasteiger partial charge in [0.2, 0.25) is 5.91 Å². The van der Waals surface area contributed by atoms with E-state index < -0.39 is 33.7 Å². The Morgan fingerprint density at radius 2 is 1.69 bits per heavy atom. The van der Waals surface area contributed by atoms with Crippen LogP contribution >= 0.6 is 0 Å². The summed E-state index contributed by atoms with van der Waals surface area (Å²) in [5.74, 6) is -0.895. The number of H-pyrrole nitrogens is 1. The summed E-state index contributed by atoms with van der Waals surface area (Å²) >= 11 is 0. The van der Waals surface area contributed by atoms with Crippen molar-refractivity contribution in [1.82, 2.24) is 9.55 Å². The van der Waals surface area contributed by atoms with Crippen molar-refractivity contribution in [2.75, 3.05) is 28.5 Å². The van der Waals surface area contributed by atoms with E-state index in [1.807, 2.05) is 6.07 Å². The summed E-state index contributed by atoms with van der Waals surface area (Å²) in [7, 11) is -2.66. The molecule has 10 nitrogen and oxygen atoms in total. The average molecular weight is 492 g/mol. The molecule has 11 heteroatoms. The summed E-state index contributed by atoms with van der Waals surface area (Å²) in [5, 5.41) is 1.28. The Morgan fingerprint density at radius 3 is 2.40 bits per heavy atom. The van der Waals surface area contributed by atoms with Gasteiger partial charge in [-0.15, -0.1) is 0 Å². The smallest absolute Gasteiger partial charge is 0.330 e. The predicted molar refractivity (Wildman–Crippen MR) is 133 cm³/mol. The van der Waals surface area contributed by atoms with E-state index in [0.29, 0.717) is 11.1 Å². The molecule has 0 atom stereocenters. The second-order valence-electron chi connectivity index (χ2n) is 8.16. The van der Waals surface area contributed by atoms with Gasteiger partial charge >= 0.3 is 5.69 Å². The molecule has 1 aromatic heterocycles. The number of likely N-dealkylation sites (N-methyl/N-ethyl adjacent to an activating group) is 1. The number of nitrogens with one attached hydrogen (secondary N) is 1. The molecular weight excluding hydrogens is 470 g/mol. The van der Waals surface area contributed by atoms with Gasteiger partial charge in [0.25, 0.3) is 15.6 Å². The minimum Gasteiger partial charge on any atom is -0.383 e. The quantitative estimate of drug-likeness (QED) is 0.434. The minimum absolute atomic E-state index is 0.0785. The van der Waals surface area contributed by atoms with Gasteiger partial charge in [0.15, 0.2) is 5.69 Å². The molecule has 0 unspecified atom stereocenters. The molecule has 4 aromatic rings. The third kappa shape index (κ3) is 3.56. The highest BCUT2D eigenvalue weighted by Crippen LogP contribution is 2.41. The monoisotopic (exact) mass is 491 g/mol. The van der Waals surface area contributed by atoms with Gasteiger partial charge in [-0.25, -0.2) is 13.2 Å². The van der Waals surface area contributed by atoms with Crippen molar-refractivity contribution in [3.63, 3.8) is 0 Å². The van der Waals surface area contributed by atoms with Crippen molar-refractivity contribution in [2.45, 2.75) is 11.4 Å². The number of nitrogen functional groups attached to an aromatic ring is 1. The number of aromatic nitrogens is 2. The molecule has 3 N–H and O–H groups in total. The molecule has 0 radical (unpaired) electrons. The molecule has 1 aliphatic heterocycles. The third-order valence-corrected chi connectivity index (χ3v) is 7.87. The predicted octanol–water partition coefficient (Wildman–Crippen LogP) is 1.49.